The molecule has 2 aromatic carbocycles. The number of carbonyl (C=O) groups excluding carboxylic acids is 1. The number of rotatable bonds is 6. The minimum absolute atomic E-state index is 0.0883. The Bertz CT molecular complexity index is 1460. The number of hydrogen-bond acceptors (Lipinski definition) is 7. The second-order valence-electron chi connectivity index (χ2n) is 10.5. The van der Waals surface area contributed by atoms with Gasteiger partial charge in [-0.2, -0.15) is 18.3 Å². The number of amides is 1. The van der Waals surface area contributed by atoms with Crippen molar-refractivity contribution in [2.24, 2.45) is 7.05 Å². The molecule has 2 aliphatic rings. The second-order valence-corrected chi connectivity index (χ2v) is 10.5. The van der Waals surface area contributed by atoms with Gasteiger partial charge in [-0.1, -0.05) is 6.07 Å². The highest BCUT2D eigenvalue weighted by Crippen LogP contribution is 2.36. The van der Waals surface area contributed by atoms with Gasteiger partial charge in [0.2, 0.25) is 0 Å². The van der Waals surface area contributed by atoms with E-state index >= 15 is 0 Å². The molecule has 40 heavy (non-hydrogen) atoms. The Morgan fingerprint density at radius 3 is 2.58 bits per heavy atom. The number of likely N-dealkylation sites (tertiary alicyclic amines) is 1. The molecular weight excluding hydrogens is 521 g/mol. The van der Waals surface area contributed by atoms with Gasteiger partial charge < -0.3 is 20.5 Å². The summed E-state index contributed by atoms with van der Waals surface area (Å²) in [5.41, 5.74) is 10.5. The van der Waals surface area contributed by atoms with Crippen LogP contribution in [0.15, 0.2) is 48.8 Å². The summed E-state index contributed by atoms with van der Waals surface area (Å²) in [5, 5.41) is 8.72. The minimum Gasteiger partial charge on any atom is -0.370 e. The third kappa shape index (κ3) is 5.50. The summed E-state index contributed by atoms with van der Waals surface area (Å²) in [7, 11) is 5.65. The highest BCUT2D eigenvalue weighted by Gasteiger charge is 2.33. The predicted octanol–water partition coefficient (Wildman–Crippen LogP) is 4.28. The van der Waals surface area contributed by atoms with Crippen LogP contribution in [0.3, 0.4) is 0 Å². The van der Waals surface area contributed by atoms with Gasteiger partial charge in [0.25, 0.3) is 5.91 Å². The molecule has 1 unspecified atom stereocenters. The average Bonchev–Trinajstić information content (AvgIpc) is 3.64. The van der Waals surface area contributed by atoms with Crippen LogP contribution in [-0.2, 0) is 13.2 Å². The van der Waals surface area contributed by atoms with Gasteiger partial charge in [-0.05, 0) is 69.8 Å². The number of likely N-dealkylation sites (N-methyl/N-ethyl adjacent to an activating group) is 2. The van der Waals surface area contributed by atoms with Crippen molar-refractivity contribution in [2.75, 3.05) is 42.4 Å². The Morgan fingerprint density at radius 2 is 1.93 bits per heavy atom. The van der Waals surface area contributed by atoms with Gasteiger partial charge in [0.1, 0.15) is 0 Å². The first-order valence-electron chi connectivity index (χ1n) is 13.0. The number of anilines is 3. The number of benzene rings is 2. The maximum absolute atomic E-state index is 13.8. The molecule has 5 rings (SSSR count). The zero-order chi connectivity index (χ0) is 28.8. The molecule has 3 aromatic rings. The SMILES string of the molecule is Cc1ccc(C(=O)Nc2cc(N(C)C3CCN(C)C3)cc(C(F)(F)F)c2)cc1N1C=C(c2cnn(C)c2C)NN1. The van der Waals surface area contributed by atoms with E-state index in [-0.39, 0.29) is 11.7 Å². The standard InChI is InChI=1S/C28H33F3N8O/c1-17-6-7-19(10-26(17)39-16-25(34-35-39)24-14-32-38(5)18(24)2)27(40)33-21-11-20(28(29,30)31)12-23(13-21)37(4)22-8-9-36(3)15-22/h6-7,10-14,16,22,34-35H,8-9,15H2,1-5H3,(H,33,40). The first-order valence-corrected chi connectivity index (χ1v) is 13.0. The van der Waals surface area contributed by atoms with E-state index in [1.807, 2.05) is 39.0 Å². The van der Waals surface area contributed by atoms with Gasteiger partial charge in [-0.15, -0.1) is 5.53 Å². The molecule has 9 nitrogen and oxygen atoms in total. The highest BCUT2D eigenvalue weighted by atomic mass is 19.4. The molecule has 3 heterocycles. The third-order valence-corrected chi connectivity index (χ3v) is 7.65. The Morgan fingerprint density at radius 1 is 1.15 bits per heavy atom. The van der Waals surface area contributed by atoms with Crippen LogP contribution in [0.25, 0.3) is 5.70 Å². The first kappa shape index (κ1) is 27.5. The van der Waals surface area contributed by atoms with Crippen molar-refractivity contribution >= 4 is 28.7 Å². The molecule has 0 radical (unpaired) electrons. The van der Waals surface area contributed by atoms with Gasteiger partial charge >= 0.3 is 6.18 Å². The number of hydrogen-bond donors (Lipinski definition) is 3. The number of aryl methyl sites for hydroxylation is 2. The maximum atomic E-state index is 13.8. The Kier molecular flexibility index (Phi) is 7.23. The van der Waals surface area contributed by atoms with E-state index in [0.29, 0.717) is 16.9 Å². The minimum atomic E-state index is -4.55. The second kappa shape index (κ2) is 10.5. The summed E-state index contributed by atoms with van der Waals surface area (Å²) < 4.78 is 43.2. The summed E-state index contributed by atoms with van der Waals surface area (Å²) in [6.07, 6.45) is -0.0664. The van der Waals surface area contributed by atoms with E-state index < -0.39 is 17.6 Å². The smallest absolute Gasteiger partial charge is 0.370 e. The van der Waals surface area contributed by atoms with E-state index in [2.05, 4.69) is 26.3 Å². The van der Waals surface area contributed by atoms with Gasteiger partial charge in [0, 0.05) is 61.1 Å². The highest BCUT2D eigenvalue weighted by molar-refractivity contribution is 6.05. The largest absolute Gasteiger partial charge is 0.416 e. The fourth-order valence-electron chi connectivity index (χ4n) is 5.05. The van der Waals surface area contributed by atoms with Gasteiger partial charge in [-0.3, -0.25) is 14.5 Å². The number of alkyl halides is 3. The van der Waals surface area contributed by atoms with E-state index in [1.54, 1.807) is 47.2 Å². The number of carbonyl (C=O) groups is 1. The number of hydrazine groups is 2. The van der Waals surface area contributed by atoms with Crippen LogP contribution in [0.2, 0.25) is 0 Å². The van der Waals surface area contributed by atoms with Crippen LogP contribution in [0, 0.1) is 13.8 Å². The fourth-order valence-corrected chi connectivity index (χ4v) is 5.05. The van der Waals surface area contributed by atoms with Crippen molar-refractivity contribution in [1.82, 2.24) is 25.6 Å². The summed E-state index contributed by atoms with van der Waals surface area (Å²) in [5.74, 6) is -0.505. The molecule has 1 atom stereocenters. The molecule has 1 aromatic heterocycles. The quantitative estimate of drug-likeness (QED) is 0.420. The van der Waals surface area contributed by atoms with Crippen LogP contribution >= 0.6 is 0 Å². The van der Waals surface area contributed by atoms with E-state index in [0.717, 1.165) is 54.2 Å². The lowest BCUT2D eigenvalue weighted by Crippen LogP contribution is -2.36. The Balaban J connectivity index is 1.40. The topological polar surface area (TPSA) is 80.7 Å². The van der Waals surface area contributed by atoms with Crippen LogP contribution in [0.5, 0.6) is 0 Å². The van der Waals surface area contributed by atoms with Gasteiger partial charge in [0.15, 0.2) is 0 Å². The number of nitrogens with zero attached hydrogens (tertiary/aromatic N) is 5. The molecule has 0 spiro atoms. The average molecular weight is 555 g/mol. The molecule has 0 saturated carbocycles. The van der Waals surface area contributed by atoms with Crippen molar-refractivity contribution in [3.8, 4) is 0 Å². The molecule has 12 heteroatoms. The number of nitrogens with one attached hydrogen (secondary N) is 3. The molecule has 3 N–H and O–H groups in total. The normalized spacial score (nSPS) is 17.6. The molecule has 2 aliphatic heterocycles. The molecule has 212 valence electrons. The Hall–Kier alpha value is -4.03. The predicted molar refractivity (Wildman–Crippen MR) is 150 cm³/mol. The first-order chi connectivity index (χ1) is 18.9. The van der Waals surface area contributed by atoms with Crippen LogP contribution in [0.4, 0.5) is 30.2 Å². The van der Waals surface area contributed by atoms with Crippen LogP contribution < -0.4 is 26.2 Å². The lowest BCUT2D eigenvalue weighted by atomic mass is 10.1. The molecule has 1 saturated heterocycles. The lowest BCUT2D eigenvalue weighted by molar-refractivity contribution is -0.137. The number of aromatic nitrogens is 2. The van der Waals surface area contributed by atoms with Crippen molar-refractivity contribution in [2.45, 2.75) is 32.5 Å². The number of halogens is 3. The molecule has 1 fully saturated rings. The van der Waals surface area contributed by atoms with Crippen molar-refractivity contribution in [3.05, 3.63) is 76.7 Å². The summed E-state index contributed by atoms with van der Waals surface area (Å²) in [6.45, 7) is 5.52. The van der Waals surface area contributed by atoms with Crippen LogP contribution in [0.1, 0.15) is 39.2 Å². The zero-order valence-corrected chi connectivity index (χ0v) is 23.1. The van der Waals surface area contributed by atoms with Crippen molar-refractivity contribution in [3.63, 3.8) is 0 Å². The monoisotopic (exact) mass is 554 g/mol. The molecular formula is C28H33F3N8O. The van der Waals surface area contributed by atoms with Gasteiger partial charge in [0.05, 0.1) is 23.1 Å². The third-order valence-electron chi connectivity index (χ3n) is 7.65. The summed E-state index contributed by atoms with van der Waals surface area (Å²) in [6, 6.07) is 8.95. The Labute approximate surface area is 231 Å². The van der Waals surface area contributed by atoms with Crippen LogP contribution in [-0.4, -0.2) is 53.8 Å². The summed E-state index contributed by atoms with van der Waals surface area (Å²) in [4.78, 5) is 17.3. The van der Waals surface area contributed by atoms with E-state index in [1.165, 1.54) is 0 Å². The van der Waals surface area contributed by atoms with Crippen molar-refractivity contribution < 1.29 is 18.0 Å². The molecule has 1 amide bonds. The van der Waals surface area contributed by atoms with E-state index in [9.17, 15) is 18.0 Å². The van der Waals surface area contributed by atoms with Gasteiger partial charge in [-0.25, -0.2) is 0 Å². The fraction of sp³-hybridized carbons (Fsp3) is 0.357. The maximum Gasteiger partial charge on any atom is 0.416 e. The zero-order valence-electron chi connectivity index (χ0n) is 23.1. The molecule has 0 aliphatic carbocycles. The van der Waals surface area contributed by atoms with Crippen molar-refractivity contribution in [1.29, 1.82) is 0 Å². The lowest BCUT2D eigenvalue weighted by Gasteiger charge is -2.28. The molecule has 0 bridgehead atoms. The van der Waals surface area contributed by atoms with E-state index in [4.69, 9.17) is 0 Å². The summed E-state index contributed by atoms with van der Waals surface area (Å²) >= 11 is 0.